The van der Waals surface area contributed by atoms with Gasteiger partial charge in [-0.2, -0.15) is 5.10 Å². The molecule has 4 aromatic rings. The van der Waals surface area contributed by atoms with Crippen LogP contribution in [0, 0.1) is 0 Å². The zero-order valence-corrected chi connectivity index (χ0v) is 15.7. The van der Waals surface area contributed by atoms with Crippen LogP contribution in [-0.2, 0) is 13.6 Å². The molecular weight excluding hydrogens is 358 g/mol. The highest BCUT2D eigenvalue weighted by atomic mass is 32.1. The fourth-order valence-electron chi connectivity index (χ4n) is 3.23. The number of rotatable bonds is 5. The summed E-state index contributed by atoms with van der Waals surface area (Å²) in [6.45, 7) is 0.479. The molecular formula is C20H19N5OS. The second-order valence-electron chi connectivity index (χ2n) is 6.93. The van der Waals surface area contributed by atoms with Gasteiger partial charge in [-0.15, -0.1) is 11.3 Å². The molecule has 1 N–H and O–H groups in total. The number of pyridine rings is 1. The third-order valence-electron chi connectivity index (χ3n) is 4.89. The second kappa shape index (κ2) is 6.35. The lowest BCUT2D eigenvalue weighted by molar-refractivity contribution is 0.0955. The number of aryl methyl sites for hydroxylation is 1. The van der Waals surface area contributed by atoms with Crippen molar-refractivity contribution in [3.63, 3.8) is 0 Å². The van der Waals surface area contributed by atoms with Gasteiger partial charge in [0.2, 0.25) is 0 Å². The van der Waals surface area contributed by atoms with E-state index in [1.807, 2.05) is 52.8 Å². The zero-order chi connectivity index (χ0) is 18.4. The van der Waals surface area contributed by atoms with Gasteiger partial charge < -0.3 is 9.72 Å². The molecule has 0 spiro atoms. The standard InChI is InChI=1S/C20H19N5OS/c1-24-16(11-15(23-24)14-2-3-14)17-4-5-18(27-17)20(26)22-12-13-6-8-25-9-7-21-19(25)10-13/h4-11,14H,2-3,12H2,1H3,(H,22,26). The maximum atomic E-state index is 12.5. The molecule has 4 aromatic heterocycles. The van der Waals surface area contributed by atoms with E-state index in [0.717, 1.165) is 21.8 Å². The molecule has 7 heteroatoms. The topological polar surface area (TPSA) is 64.2 Å². The quantitative estimate of drug-likeness (QED) is 0.578. The van der Waals surface area contributed by atoms with Gasteiger partial charge in [-0.1, -0.05) is 0 Å². The van der Waals surface area contributed by atoms with Gasteiger partial charge in [-0.05, 0) is 48.7 Å². The van der Waals surface area contributed by atoms with Crippen LogP contribution in [0.4, 0.5) is 0 Å². The first-order valence-corrected chi connectivity index (χ1v) is 9.83. The van der Waals surface area contributed by atoms with E-state index in [9.17, 15) is 4.79 Å². The Balaban J connectivity index is 1.29. The van der Waals surface area contributed by atoms with Crippen LogP contribution in [0.3, 0.4) is 0 Å². The third kappa shape index (κ3) is 3.14. The van der Waals surface area contributed by atoms with Crippen molar-refractivity contribution >= 4 is 22.9 Å². The molecule has 0 saturated heterocycles. The molecule has 0 radical (unpaired) electrons. The van der Waals surface area contributed by atoms with Crippen molar-refractivity contribution in [2.45, 2.75) is 25.3 Å². The largest absolute Gasteiger partial charge is 0.347 e. The van der Waals surface area contributed by atoms with Gasteiger partial charge >= 0.3 is 0 Å². The highest BCUT2D eigenvalue weighted by Gasteiger charge is 2.27. The Labute approximate surface area is 160 Å². The minimum absolute atomic E-state index is 0.0564. The summed E-state index contributed by atoms with van der Waals surface area (Å²) in [7, 11) is 1.96. The number of imidazole rings is 1. The number of nitrogens with zero attached hydrogens (tertiary/aromatic N) is 4. The van der Waals surface area contributed by atoms with Crippen molar-refractivity contribution in [1.29, 1.82) is 0 Å². The maximum absolute atomic E-state index is 12.5. The fourth-order valence-corrected chi connectivity index (χ4v) is 4.20. The van der Waals surface area contributed by atoms with E-state index in [1.165, 1.54) is 29.9 Å². The normalized spacial score (nSPS) is 14.0. The van der Waals surface area contributed by atoms with Crippen molar-refractivity contribution in [1.82, 2.24) is 24.5 Å². The van der Waals surface area contributed by atoms with Crippen LogP contribution >= 0.6 is 11.3 Å². The maximum Gasteiger partial charge on any atom is 0.261 e. The zero-order valence-electron chi connectivity index (χ0n) is 14.9. The van der Waals surface area contributed by atoms with Gasteiger partial charge in [0.05, 0.1) is 21.1 Å². The molecule has 27 heavy (non-hydrogen) atoms. The van der Waals surface area contributed by atoms with E-state index < -0.39 is 0 Å². The summed E-state index contributed by atoms with van der Waals surface area (Å²) < 4.78 is 3.86. The molecule has 0 aromatic carbocycles. The van der Waals surface area contributed by atoms with Crippen LogP contribution in [0.5, 0.6) is 0 Å². The predicted octanol–water partition coefficient (Wildman–Crippen LogP) is 3.60. The summed E-state index contributed by atoms with van der Waals surface area (Å²) in [6, 6.07) is 10.0. The summed E-state index contributed by atoms with van der Waals surface area (Å²) >= 11 is 1.50. The number of carbonyl (C=O) groups is 1. The van der Waals surface area contributed by atoms with Crippen molar-refractivity contribution in [3.05, 3.63) is 65.1 Å². The molecule has 136 valence electrons. The number of amides is 1. The van der Waals surface area contributed by atoms with Crippen LogP contribution in [0.2, 0.25) is 0 Å². The van der Waals surface area contributed by atoms with E-state index >= 15 is 0 Å². The van der Waals surface area contributed by atoms with Crippen LogP contribution < -0.4 is 5.32 Å². The molecule has 5 rings (SSSR count). The first kappa shape index (κ1) is 16.3. The molecule has 1 amide bonds. The van der Waals surface area contributed by atoms with Crippen LogP contribution in [-0.4, -0.2) is 25.1 Å². The van der Waals surface area contributed by atoms with Gasteiger partial charge in [0, 0.05) is 38.1 Å². The minimum Gasteiger partial charge on any atom is -0.347 e. The molecule has 0 unspecified atom stereocenters. The molecule has 0 bridgehead atoms. The van der Waals surface area contributed by atoms with Crippen LogP contribution in [0.1, 0.15) is 39.7 Å². The molecule has 1 fully saturated rings. The van der Waals surface area contributed by atoms with E-state index in [1.54, 1.807) is 6.20 Å². The molecule has 0 atom stereocenters. The van der Waals surface area contributed by atoms with Crippen molar-refractivity contribution < 1.29 is 4.79 Å². The van der Waals surface area contributed by atoms with Gasteiger partial charge in [0.25, 0.3) is 5.91 Å². The second-order valence-corrected chi connectivity index (χ2v) is 8.01. The number of thiophene rings is 1. The Morgan fingerprint density at radius 2 is 2.15 bits per heavy atom. The highest BCUT2D eigenvalue weighted by Crippen LogP contribution is 2.41. The predicted molar refractivity (Wildman–Crippen MR) is 105 cm³/mol. The lowest BCUT2D eigenvalue weighted by Gasteiger charge is -2.04. The number of hydrogen-bond acceptors (Lipinski definition) is 4. The van der Waals surface area contributed by atoms with Crippen molar-refractivity contribution in [2.24, 2.45) is 7.05 Å². The Hall–Kier alpha value is -2.93. The first-order chi connectivity index (χ1) is 13.2. The first-order valence-electron chi connectivity index (χ1n) is 9.01. The SMILES string of the molecule is Cn1nc(C2CC2)cc1-c1ccc(C(=O)NCc2ccn3ccnc3c2)s1. The van der Waals surface area contributed by atoms with E-state index in [2.05, 4.69) is 21.5 Å². The highest BCUT2D eigenvalue weighted by molar-refractivity contribution is 7.17. The van der Waals surface area contributed by atoms with Gasteiger partial charge in [0.1, 0.15) is 5.65 Å². The number of fused-ring (bicyclic) bond motifs is 1. The van der Waals surface area contributed by atoms with Crippen LogP contribution in [0.15, 0.2) is 48.9 Å². The van der Waals surface area contributed by atoms with Crippen LogP contribution in [0.25, 0.3) is 16.2 Å². The number of carbonyl (C=O) groups excluding carboxylic acids is 1. The number of nitrogens with one attached hydrogen (secondary N) is 1. The van der Waals surface area contributed by atoms with Gasteiger partial charge in [-0.25, -0.2) is 4.98 Å². The molecule has 0 aliphatic heterocycles. The smallest absolute Gasteiger partial charge is 0.261 e. The summed E-state index contributed by atoms with van der Waals surface area (Å²) in [6.07, 6.45) is 8.08. The monoisotopic (exact) mass is 377 g/mol. The molecule has 6 nitrogen and oxygen atoms in total. The lowest BCUT2D eigenvalue weighted by atomic mass is 10.2. The summed E-state index contributed by atoms with van der Waals surface area (Å²) in [4.78, 5) is 18.6. The van der Waals surface area contributed by atoms with Crippen molar-refractivity contribution in [3.8, 4) is 10.6 Å². The molecule has 4 heterocycles. The summed E-state index contributed by atoms with van der Waals surface area (Å²) in [5, 5.41) is 7.61. The Morgan fingerprint density at radius 3 is 3.00 bits per heavy atom. The van der Waals surface area contributed by atoms with E-state index in [-0.39, 0.29) is 5.91 Å². The summed E-state index contributed by atoms with van der Waals surface area (Å²) in [5.74, 6) is 0.569. The van der Waals surface area contributed by atoms with Gasteiger partial charge in [-0.3, -0.25) is 9.48 Å². The Bertz CT molecular complexity index is 1130. The lowest BCUT2D eigenvalue weighted by Crippen LogP contribution is -2.21. The molecule has 1 saturated carbocycles. The number of aromatic nitrogens is 4. The van der Waals surface area contributed by atoms with E-state index in [0.29, 0.717) is 17.3 Å². The Kier molecular flexibility index (Phi) is 3.82. The average Bonchev–Trinajstić information content (AvgIpc) is 3.07. The average molecular weight is 377 g/mol. The molecule has 1 aliphatic carbocycles. The minimum atomic E-state index is -0.0564. The number of hydrogen-bond donors (Lipinski definition) is 1. The van der Waals surface area contributed by atoms with E-state index in [4.69, 9.17) is 0 Å². The Morgan fingerprint density at radius 1 is 1.26 bits per heavy atom. The van der Waals surface area contributed by atoms with Gasteiger partial charge in [0.15, 0.2) is 0 Å². The third-order valence-corrected chi connectivity index (χ3v) is 6.00. The molecule has 1 aliphatic rings. The fraction of sp³-hybridized carbons (Fsp3) is 0.250. The van der Waals surface area contributed by atoms with Crippen molar-refractivity contribution in [2.75, 3.05) is 0 Å². The summed E-state index contributed by atoms with van der Waals surface area (Å²) in [5.41, 5.74) is 4.15.